The number of nitrogens with zero attached hydrogens (tertiary/aromatic N) is 2. The molecule has 0 bridgehead atoms. The van der Waals surface area contributed by atoms with Crippen molar-refractivity contribution < 1.29 is 9.53 Å². The fraction of sp³-hybridized carbons (Fsp3) is 0.421. The molecule has 0 spiro atoms. The number of thioether (sulfide) groups is 1. The number of Topliss-reactive ketones (excluding diaryl/α,β-unsaturated/α-hetero) is 1. The Balaban J connectivity index is 1.35. The molecule has 2 N–H and O–H groups in total. The standard InChI is InChI=1S/C19H22N4O2S2/c1-2-12-5-3-7-14-15(10-20-17(12)14)16(24)11-26-19-23-22-18(27-19)21-9-13-6-4-8-25-13/h3,5,7,10,13,20H,2,4,6,8-9,11H2,1H3,(H,21,22). The van der Waals surface area contributed by atoms with Crippen LogP contribution in [-0.2, 0) is 11.2 Å². The average molecular weight is 403 g/mol. The van der Waals surface area contributed by atoms with Crippen molar-refractivity contribution in [2.75, 3.05) is 24.2 Å². The number of aromatic amines is 1. The van der Waals surface area contributed by atoms with E-state index in [9.17, 15) is 4.79 Å². The highest BCUT2D eigenvalue weighted by Crippen LogP contribution is 2.28. The number of H-pyrrole nitrogens is 1. The summed E-state index contributed by atoms with van der Waals surface area (Å²) in [5.74, 6) is 0.451. The van der Waals surface area contributed by atoms with Gasteiger partial charge < -0.3 is 15.0 Å². The summed E-state index contributed by atoms with van der Waals surface area (Å²) in [5, 5.41) is 13.4. The maximum absolute atomic E-state index is 12.7. The molecule has 2 aromatic heterocycles. The number of rotatable bonds is 8. The summed E-state index contributed by atoms with van der Waals surface area (Å²) < 4.78 is 6.39. The molecule has 0 radical (unpaired) electrons. The first kappa shape index (κ1) is 18.5. The molecule has 1 aliphatic heterocycles. The van der Waals surface area contributed by atoms with Crippen LogP contribution < -0.4 is 5.32 Å². The number of hydrogen-bond acceptors (Lipinski definition) is 7. The summed E-state index contributed by atoms with van der Waals surface area (Å²) in [6.45, 7) is 3.72. The van der Waals surface area contributed by atoms with Gasteiger partial charge in [0.25, 0.3) is 0 Å². The minimum Gasteiger partial charge on any atom is -0.376 e. The maximum Gasteiger partial charge on any atom is 0.206 e. The molecule has 1 aromatic carbocycles. The molecule has 0 amide bonds. The van der Waals surface area contributed by atoms with E-state index in [1.54, 1.807) is 0 Å². The quantitative estimate of drug-likeness (QED) is 0.435. The van der Waals surface area contributed by atoms with Gasteiger partial charge in [0.1, 0.15) is 0 Å². The van der Waals surface area contributed by atoms with E-state index < -0.39 is 0 Å². The van der Waals surface area contributed by atoms with Crippen LogP contribution in [0.1, 0.15) is 35.7 Å². The molecule has 3 aromatic rings. The van der Waals surface area contributed by atoms with Crippen LogP contribution in [-0.4, -0.2) is 46.0 Å². The van der Waals surface area contributed by atoms with Gasteiger partial charge in [-0.2, -0.15) is 0 Å². The zero-order chi connectivity index (χ0) is 18.6. The van der Waals surface area contributed by atoms with E-state index in [0.29, 0.717) is 5.75 Å². The molecule has 1 atom stereocenters. The first-order chi connectivity index (χ1) is 13.2. The largest absolute Gasteiger partial charge is 0.376 e. The molecule has 27 heavy (non-hydrogen) atoms. The summed E-state index contributed by atoms with van der Waals surface area (Å²) >= 11 is 2.91. The van der Waals surface area contributed by atoms with Crippen LogP contribution in [0.2, 0.25) is 0 Å². The van der Waals surface area contributed by atoms with E-state index in [1.165, 1.54) is 28.7 Å². The summed E-state index contributed by atoms with van der Waals surface area (Å²) in [6.07, 6.45) is 5.24. The number of fused-ring (bicyclic) bond motifs is 1. The molecular weight excluding hydrogens is 380 g/mol. The Bertz CT molecular complexity index is 931. The number of benzene rings is 1. The summed E-state index contributed by atoms with van der Waals surface area (Å²) in [5.41, 5.74) is 3.03. The molecule has 6 nitrogen and oxygen atoms in total. The van der Waals surface area contributed by atoms with Gasteiger partial charge in [-0.1, -0.05) is 48.2 Å². The van der Waals surface area contributed by atoms with Crippen molar-refractivity contribution in [3.8, 4) is 0 Å². The molecular formula is C19H22N4O2S2. The second-order valence-corrected chi connectivity index (χ2v) is 8.70. The zero-order valence-electron chi connectivity index (χ0n) is 15.2. The predicted octanol–water partition coefficient (Wildman–Crippen LogP) is 4.15. The van der Waals surface area contributed by atoms with E-state index in [4.69, 9.17) is 4.74 Å². The number of carbonyl (C=O) groups is 1. The first-order valence-corrected chi connectivity index (χ1v) is 11.0. The lowest BCUT2D eigenvalue weighted by molar-refractivity contribution is 0.102. The highest BCUT2D eigenvalue weighted by Gasteiger charge is 2.17. The van der Waals surface area contributed by atoms with Gasteiger partial charge in [0, 0.05) is 35.8 Å². The Morgan fingerprint density at radius 1 is 1.44 bits per heavy atom. The van der Waals surface area contributed by atoms with Crippen molar-refractivity contribution in [1.82, 2.24) is 15.2 Å². The minimum absolute atomic E-state index is 0.101. The maximum atomic E-state index is 12.7. The second kappa shape index (κ2) is 8.41. The molecule has 8 heteroatoms. The van der Waals surface area contributed by atoms with Crippen LogP contribution in [0.4, 0.5) is 5.13 Å². The Morgan fingerprint density at radius 3 is 3.19 bits per heavy atom. The van der Waals surface area contributed by atoms with Gasteiger partial charge in [-0.15, -0.1) is 10.2 Å². The first-order valence-electron chi connectivity index (χ1n) is 9.18. The number of hydrogen-bond donors (Lipinski definition) is 2. The van der Waals surface area contributed by atoms with Crippen LogP contribution >= 0.6 is 23.1 Å². The predicted molar refractivity (Wildman–Crippen MR) is 110 cm³/mol. The second-order valence-electron chi connectivity index (χ2n) is 6.50. The lowest BCUT2D eigenvalue weighted by Crippen LogP contribution is -2.18. The van der Waals surface area contributed by atoms with E-state index in [0.717, 1.165) is 58.4 Å². The summed E-state index contributed by atoms with van der Waals surface area (Å²) in [7, 11) is 0. The van der Waals surface area contributed by atoms with Crippen molar-refractivity contribution in [2.45, 2.75) is 36.6 Å². The molecule has 1 saturated heterocycles. The lowest BCUT2D eigenvalue weighted by atomic mass is 10.1. The molecule has 1 fully saturated rings. The number of aromatic nitrogens is 3. The SMILES string of the molecule is CCc1cccc2c(C(=O)CSc3nnc(NCC4CCCO4)s3)c[nH]c12. The fourth-order valence-electron chi connectivity index (χ4n) is 3.29. The van der Waals surface area contributed by atoms with E-state index >= 15 is 0 Å². The molecule has 0 aliphatic carbocycles. The Labute approximate surface area is 166 Å². The topological polar surface area (TPSA) is 79.9 Å². The van der Waals surface area contributed by atoms with E-state index in [1.807, 2.05) is 18.3 Å². The van der Waals surface area contributed by atoms with Crippen LogP contribution in [0, 0.1) is 0 Å². The van der Waals surface area contributed by atoms with Gasteiger partial charge in [0.15, 0.2) is 10.1 Å². The Morgan fingerprint density at radius 2 is 2.37 bits per heavy atom. The molecule has 1 unspecified atom stereocenters. The van der Waals surface area contributed by atoms with Gasteiger partial charge in [0.2, 0.25) is 5.13 Å². The minimum atomic E-state index is 0.101. The molecule has 4 rings (SSSR count). The highest BCUT2D eigenvalue weighted by atomic mass is 32.2. The van der Waals surface area contributed by atoms with Crippen LogP contribution in [0.15, 0.2) is 28.7 Å². The molecule has 3 heterocycles. The third-order valence-electron chi connectivity index (χ3n) is 4.72. The smallest absolute Gasteiger partial charge is 0.206 e. The van der Waals surface area contributed by atoms with Gasteiger partial charge in [-0.3, -0.25) is 4.79 Å². The monoisotopic (exact) mass is 402 g/mol. The van der Waals surface area contributed by atoms with Crippen LogP contribution in [0.25, 0.3) is 10.9 Å². The van der Waals surface area contributed by atoms with E-state index in [2.05, 4.69) is 33.5 Å². The number of ether oxygens (including phenoxy) is 1. The number of carbonyl (C=O) groups excluding carboxylic acids is 1. The van der Waals surface area contributed by atoms with Crippen molar-refractivity contribution in [2.24, 2.45) is 0 Å². The third-order valence-corrected chi connectivity index (χ3v) is 6.74. The highest BCUT2D eigenvalue weighted by molar-refractivity contribution is 8.01. The Hall–Kier alpha value is -1.90. The van der Waals surface area contributed by atoms with Crippen molar-refractivity contribution in [3.63, 3.8) is 0 Å². The van der Waals surface area contributed by atoms with Gasteiger partial charge in [-0.05, 0) is 24.8 Å². The molecule has 0 saturated carbocycles. The number of anilines is 1. The Kier molecular flexibility index (Phi) is 5.75. The van der Waals surface area contributed by atoms with Gasteiger partial charge in [0.05, 0.1) is 11.9 Å². The number of para-hydroxylation sites is 1. The summed E-state index contributed by atoms with van der Waals surface area (Å²) in [4.78, 5) is 15.9. The lowest BCUT2D eigenvalue weighted by Gasteiger charge is -2.08. The average Bonchev–Trinajstić information content (AvgIpc) is 3.44. The van der Waals surface area contributed by atoms with Gasteiger partial charge in [-0.25, -0.2) is 0 Å². The van der Waals surface area contributed by atoms with Gasteiger partial charge >= 0.3 is 0 Å². The number of nitrogens with one attached hydrogen (secondary N) is 2. The fourth-order valence-corrected chi connectivity index (χ4v) is 4.94. The molecule has 142 valence electrons. The number of ketones is 1. The van der Waals surface area contributed by atoms with Crippen molar-refractivity contribution in [3.05, 3.63) is 35.5 Å². The van der Waals surface area contributed by atoms with E-state index in [-0.39, 0.29) is 11.9 Å². The third kappa shape index (κ3) is 4.17. The zero-order valence-corrected chi connectivity index (χ0v) is 16.8. The summed E-state index contributed by atoms with van der Waals surface area (Å²) in [6, 6.07) is 6.10. The molecule has 1 aliphatic rings. The van der Waals surface area contributed by atoms with Crippen LogP contribution in [0.3, 0.4) is 0 Å². The van der Waals surface area contributed by atoms with Crippen molar-refractivity contribution in [1.29, 1.82) is 0 Å². The van der Waals surface area contributed by atoms with Crippen LogP contribution in [0.5, 0.6) is 0 Å². The number of aryl methyl sites for hydroxylation is 1. The normalized spacial score (nSPS) is 16.9. The van der Waals surface area contributed by atoms with Crippen molar-refractivity contribution >= 4 is 44.9 Å².